The Bertz CT molecular complexity index is 1050. The van der Waals surface area contributed by atoms with E-state index in [-0.39, 0.29) is 36.4 Å². The molecule has 2 aromatic rings. The molecule has 2 heterocycles. The summed E-state index contributed by atoms with van der Waals surface area (Å²) in [6.07, 6.45) is -5.69. The molecule has 4 aliphatic rings. The molecule has 9 nitrogen and oxygen atoms in total. The summed E-state index contributed by atoms with van der Waals surface area (Å²) < 4.78 is 87.6. The monoisotopic (exact) mass is 495 g/mol. The highest BCUT2D eigenvalue weighted by Gasteiger charge is 2.72. The first kappa shape index (κ1) is 23.1. The Kier molecular flexibility index (Phi) is 5.20. The number of alkyl halides is 6. The van der Waals surface area contributed by atoms with E-state index in [9.17, 15) is 31.1 Å². The number of carbonyl (C=O) groups excluding carboxylic acids is 1. The highest BCUT2D eigenvalue weighted by atomic mass is 19.4. The molecule has 0 unspecified atom stereocenters. The summed E-state index contributed by atoms with van der Waals surface area (Å²) >= 11 is 0. The molecule has 2 aromatic heterocycles. The summed E-state index contributed by atoms with van der Waals surface area (Å²) in [5.41, 5.74) is -0.735. The highest BCUT2D eigenvalue weighted by Crippen LogP contribution is 2.67. The maximum atomic E-state index is 12.5. The molecule has 0 radical (unpaired) electrons. The maximum Gasteiger partial charge on any atom is 0.522 e. The summed E-state index contributed by atoms with van der Waals surface area (Å²) in [7, 11) is 0. The van der Waals surface area contributed by atoms with Crippen molar-refractivity contribution in [1.29, 1.82) is 0 Å². The molecule has 15 heteroatoms. The number of hydrogen-bond acceptors (Lipinski definition) is 7. The fourth-order valence-electron chi connectivity index (χ4n) is 4.98. The van der Waals surface area contributed by atoms with Gasteiger partial charge in [-0.15, -0.1) is 36.5 Å². The van der Waals surface area contributed by atoms with E-state index in [1.54, 1.807) is 0 Å². The Morgan fingerprint density at radius 2 is 1.85 bits per heavy atom. The van der Waals surface area contributed by atoms with Gasteiger partial charge in [0.1, 0.15) is 5.69 Å². The molecule has 6 rings (SSSR count). The van der Waals surface area contributed by atoms with Crippen molar-refractivity contribution in [3.63, 3.8) is 0 Å². The molecule has 4 saturated carbocycles. The van der Waals surface area contributed by atoms with Gasteiger partial charge in [-0.3, -0.25) is 14.3 Å². The number of nitrogens with zero attached hydrogens (tertiary/aromatic N) is 4. The zero-order chi connectivity index (χ0) is 24.4. The van der Waals surface area contributed by atoms with Crippen LogP contribution in [0.1, 0.15) is 60.3 Å². The molecule has 0 saturated heterocycles. The van der Waals surface area contributed by atoms with Crippen molar-refractivity contribution in [2.45, 2.75) is 74.3 Å². The van der Waals surface area contributed by atoms with Gasteiger partial charge in [0.15, 0.2) is 0 Å². The summed E-state index contributed by atoms with van der Waals surface area (Å²) in [6, 6.07) is 0. The Morgan fingerprint density at radius 1 is 1.15 bits per heavy atom. The first-order chi connectivity index (χ1) is 15.8. The van der Waals surface area contributed by atoms with E-state index >= 15 is 0 Å². The minimum Gasteiger partial charge on any atom is -0.424 e. The van der Waals surface area contributed by atoms with Crippen molar-refractivity contribution in [2.24, 2.45) is 0 Å². The molecule has 0 aromatic carbocycles. The topological polar surface area (TPSA) is 104 Å². The molecule has 2 bridgehead atoms. The number of hydrogen-bond donors (Lipinski definition) is 1. The zero-order valence-electron chi connectivity index (χ0n) is 17.4. The average Bonchev–Trinajstić information content (AvgIpc) is 3.27. The van der Waals surface area contributed by atoms with Crippen LogP contribution in [0.25, 0.3) is 0 Å². The van der Waals surface area contributed by atoms with E-state index in [1.165, 1.54) is 17.1 Å². The molecule has 0 atom stereocenters. The quantitative estimate of drug-likeness (QED) is 0.561. The van der Waals surface area contributed by atoms with Gasteiger partial charge in [-0.05, 0) is 32.1 Å². The molecule has 4 fully saturated rings. The van der Waals surface area contributed by atoms with Crippen LogP contribution in [-0.2, 0) is 21.4 Å². The lowest BCUT2D eigenvalue weighted by Gasteiger charge is -2.68. The Labute approximate surface area is 187 Å². The highest BCUT2D eigenvalue weighted by molar-refractivity contribution is 5.93. The molecular formula is C19H19F6N5O4. The summed E-state index contributed by atoms with van der Waals surface area (Å²) in [5.74, 6) is -0.0147. The van der Waals surface area contributed by atoms with Gasteiger partial charge in [-0.1, -0.05) is 0 Å². The Morgan fingerprint density at radius 3 is 2.50 bits per heavy atom. The van der Waals surface area contributed by atoms with Crippen LogP contribution in [-0.4, -0.2) is 56.6 Å². The summed E-state index contributed by atoms with van der Waals surface area (Å²) in [6.45, 7) is -0.714. The number of ether oxygens (including phenoxy) is 2. The molecule has 4 aliphatic carbocycles. The van der Waals surface area contributed by atoms with Crippen molar-refractivity contribution in [3.8, 4) is 0 Å². The normalized spacial score (nSPS) is 30.3. The molecule has 34 heavy (non-hydrogen) atoms. The summed E-state index contributed by atoms with van der Waals surface area (Å²) in [4.78, 5) is 16.4. The van der Waals surface area contributed by atoms with Crippen molar-refractivity contribution in [3.05, 3.63) is 30.0 Å². The number of amides is 1. The number of aromatic nitrogens is 4. The molecule has 1 N–H and O–H groups in total. The van der Waals surface area contributed by atoms with E-state index in [1.807, 2.05) is 0 Å². The second kappa shape index (κ2) is 7.66. The third-order valence-electron chi connectivity index (χ3n) is 6.53. The van der Waals surface area contributed by atoms with Crippen LogP contribution in [0.5, 0.6) is 0 Å². The van der Waals surface area contributed by atoms with Crippen molar-refractivity contribution in [2.75, 3.05) is 6.61 Å². The average molecular weight is 495 g/mol. The van der Waals surface area contributed by atoms with Crippen LogP contribution in [0.15, 0.2) is 16.9 Å². The lowest BCUT2D eigenvalue weighted by atomic mass is 9.39. The molecule has 0 spiro atoms. The molecular weight excluding hydrogens is 476 g/mol. The van der Waals surface area contributed by atoms with Crippen LogP contribution < -0.4 is 5.32 Å². The van der Waals surface area contributed by atoms with Crippen LogP contribution in [0.4, 0.5) is 26.3 Å². The number of imidazole rings is 1. The van der Waals surface area contributed by atoms with Gasteiger partial charge in [0.2, 0.25) is 11.8 Å². The van der Waals surface area contributed by atoms with Gasteiger partial charge in [-0.2, -0.15) is 0 Å². The summed E-state index contributed by atoms with van der Waals surface area (Å²) in [5, 5.41) is 11.0. The number of nitrogens with one attached hydrogen (secondary N) is 1. The van der Waals surface area contributed by atoms with Crippen LogP contribution in [0.2, 0.25) is 0 Å². The van der Waals surface area contributed by atoms with Gasteiger partial charge in [0.25, 0.3) is 5.91 Å². The third-order valence-corrected chi connectivity index (χ3v) is 6.53. The lowest BCUT2D eigenvalue weighted by molar-refractivity contribution is -0.352. The Balaban J connectivity index is 1.09. The molecule has 186 valence electrons. The van der Waals surface area contributed by atoms with Gasteiger partial charge < -0.3 is 14.3 Å². The standard InChI is InChI=1S/C19H19F6N5O4/c20-18(21,22)32-2-1-30-5-12(26-9-30)13(31)27-17-6-16(7-17,8-17)15-29-28-14(33-15)10-3-11(4-10)34-19(23,24)25/h5,9-11H,1-4,6-8H2,(H,27,31)/t10-,11+,16?,17?. The fourth-order valence-corrected chi connectivity index (χ4v) is 4.98. The van der Waals surface area contributed by atoms with Crippen molar-refractivity contribution in [1.82, 2.24) is 25.1 Å². The molecule has 1 amide bonds. The largest absolute Gasteiger partial charge is 0.522 e. The lowest BCUT2D eigenvalue weighted by Crippen LogP contribution is -2.76. The van der Waals surface area contributed by atoms with E-state index in [4.69, 9.17) is 4.42 Å². The van der Waals surface area contributed by atoms with E-state index in [0.717, 1.165) is 0 Å². The van der Waals surface area contributed by atoms with E-state index in [0.29, 0.717) is 31.0 Å². The van der Waals surface area contributed by atoms with Crippen LogP contribution >= 0.6 is 0 Å². The van der Waals surface area contributed by atoms with E-state index in [2.05, 4.69) is 30.0 Å². The first-order valence-corrected chi connectivity index (χ1v) is 10.5. The van der Waals surface area contributed by atoms with Crippen LogP contribution in [0.3, 0.4) is 0 Å². The first-order valence-electron chi connectivity index (χ1n) is 10.5. The zero-order valence-corrected chi connectivity index (χ0v) is 17.4. The Hall–Kier alpha value is -2.68. The van der Waals surface area contributed by atoms with Crippen LogP contribution in [0, 0.1) is 0 Å². The SMILES string of the molecule is O=C(NC12CC(c3nnc([C@H]4C[C@@H](OC(F)(F)F)C4)o3)(C1)C2)c1cn(CCOC(F)(F)F)cn1. The minimum atomic E-state index is -4.72. The number of carbonyl (C=O) groups is 1. The van der Waals surface area contributed by atoms with E-state index < -0.39 is 36.9 Å². The minimum absolute atomic E-state index is 0.0754. The maximum absolute atomic E-state index is 12.5. The van der Waals surface area contributed by atoms with Gasteiger partial charge in [-0.25, -0.2) is 4.98 Å². The second-order valence-electron chi connectivity index (χ2n) is 9.14. The second-order valence-corrected chi connectivity index (χ2v) is 9.14. The van der Waals surface area contributed by atoms with Gasteiger partial charge >= 0.3 is 12.7 Å². The smallest absolute Gasteiger partial charge is 0.424 e. The molecule has 0 aliphatic heterocycles. The third kappa shape index (κ3) is 4.50. The van der Waals surface area contributed by atoms with Gasteiger partial charge in [0, 0.05) is 24.2 Å². The fraction of sp³-hybridized carbons (Fsp3) is 0.684. The van der Waals surface area contributed by atoms with Gasteiger partial charge in [0.05, 0.1) is 24.5 Å². The predicted octanol–water partition coefficient (Wildman–Crippen LogP) is 3.19. The predicted molar refractivity (Wildman–Crippen MR) is 97.2 cm³/mol. The number of halogens is 6. The van der Waals surface area contributed by atoms with Crippen molar-refractivity contribution >= 4 is 5.91 Å². The number of rotatable bonds is 8. The van der Waals surface area contributed by atoms with Crippen molar-refractivity contribution < 1.29 is 45.0 Å².